The normalized spacial score (nSPS) is 19.3. The summed E-state index contributed by atoms with van der Waals surface area (Å²) in [6, 6.07) is 1.63. The minimum atomic E-state index is -0.443. The molecule has 1 aromatic rings. The first kappa shape index (κ1) is 13.6. The van der Waals surface area contributed by atoms with Crippen LogP contribution in [0.3, 0.4) is 0 Å². The van der Waals surface area contributed by atoms with Gasteiger partial charge in [0.2, 0.25) is 0 Å². The van der Waals surface area contributed by atoms with Crippen molar-refractivity contribution in [2.45, 2.75) is 25.9 Å². The van der Waals surface area contributed by atoms with Gasteiger partial charge in [0.15, 0.2) is 0 Å². The lowest BCUT2D eigenvalue weighted by Gasteiger charge is -2.31. The Bertz CT molecular complexity index is 464. The number of pyridine rings is 1. The van der Waals surface area contributed by atoms with Crippen molar-refractivity contribution < 1.29 is 14.6 Å². The van der Waals surface area contributed by atoms with Crippen molar-refractivity contribution in [3.8, 4) is 0 Å². The molecule has 2 rings (SSSR count). The third-order valence-corrected chi connectivity index (χ3v) is 3.14. The first-order valence-corrected chi connectivity index (χ1v) is 6.47. The van der Waals surface area contributed by atoms with Crippen LogP contribution in [-0.4, -0.2) is 41.9 Å². The van der Waals surface area contributed by atoms with Crippen molar-refractivity contribution >= 4 is 17.5 Å². The van der Waals surface area contributed by atoms with Gasteiger partial charge in [0, 0.05) is 13.1 Å². The highest BCUT2D eigenvalue weighted by atomic mass is 16.5. The number of aliphatic hydroxyl groups is 1. The van der Waals surface area contributed by atoms with Gasteiger partial charge >= 0.3 is 5.97 Å². The summed E-state index contributed by atoms with van der Waals surface area (Å²) in [7, 11) is 0. The van der Waals surface area contributed by atoms with Gasteiger partial charge in [-0.05, 0) is 25.8 Å². The summed E-state index contributed by atoms with van der Waals surface area (Å²) >= 11 is 0. The molecule has 1 atom stereocenters. The maximum atomic E-state index is 11.8. The predicted octanol–water partition coefficient (Wildman–Crippen LogP) is 0.802. The predicted molar refractivity (Wildman–Crippen MR) is 72.1 cm³/mol. The quantitative estimate of drug-likeness (QED) is 0.786. The lowest BCUT2D eigenvalue weighted by Crippen LogP contribution is -2.38. The fourth-order valence-electron chi connectivity index (χ4n) is 2.18. The smallest absolute Gasteiger partial charge is 0.340 e. The number of nitrogens with zero attached hydrogens (tertiary/aromatic N) is 2. The van der Waals surface area contributed by atoms with Gasteiger partial charge in [0.05, 0.1) is 30.2 Å². The number of rotatable bonds is 3. The van der Waals surface area contributed by atoms with Crippen LogP contribution in [0.2, 0.25) is 0 Å². The fraction of sp³-hybridized carbons (Fsp3) is 0.538. The number of β-amino-alcohol motifs (C(OH)–C–C–N with tert-alkyl or cyclic N) is 1. The Hall–Kier alpha value is -1.82. The molecule has 1 fully saturated rings. The van der Waals surface area contributed by atoms with E-state index in [1.165, 1.54) is 6.20 Å². The second-order valence-electron chi connectivity index (χ2n) is 4.59. The average Bonchev–Trinajstić information content (AvgIpc) is 2.39. The minimum absolute atomic E-state index is 0.304. The summed E-state index contributed by atoms with van der Waals surface area (Å²) in [5, 5.41) is 9.67. The zero-order valence-corrected chi connectivity index (χ0v) is 11.0. The number of esters is 1. The lowest BCUT2D eigenvalue weighted by atomic mass is 10.1. The molecule has 0 aliphatic carbocycles. The van der Waals surface area contributed by atoms with E-state index in [0.29, 0.717) is 30.2 Å². The van der Waals surface area contributed by atoms with Gasteiger partial charge in [-0.15, -0.1) is 0 Å². The van der Waals surface area contributed by atoms with Crippen LogP contribution in [-0.2, 0) is 4.74 Å². The lowest BCUT2D eigenvalue weighted by molar-refractivity contribution is 0.0527. The summed E-state index contributed by atoms with van der Waals surface area (Å²) in [5.41, 5.74) is 6.38. The van der Waals surface area contributed by atoms with Crippen molar-refractivity contribution in [3.63, 3.8) is 0 Å². The Morgan fingerprint density at radius 1 is 1.68 bits per heavy atom. The second-order valence-corrected chi connectivity index (χ2v) is 4.59. The number of carbonyl (C=O) groups excluding carboxylic acids is 1. The Morgan fingerprint density at radius 2 is 2.47 bits per heavy atom. The third-order valence-electron chi connectivity index (χ3n) is 3.14. The van der Waals surface area contributed by atoms with Gasteiger partial charge in [-0.1, -0.05) is 0 Å². The first-order chi connectivity index (χ1) is 9.11. The van der Waals surface area contributed by atoms with E-state index >= 15 is 0 Å². The number of hydrogen-bond donors (Lipinski definition) is 2. The molecule has 6 heteroatoms. The summed E-state index contributed by atoms with van der Waals surface area (Å²) in [6.45, 7) is 3.39. The van der Waals surface area contributed by atoms with E-state index < -0.39 is 5.97 Å². The standard InChI is InChI=1S/C13H19N3O3/c1-2-19-13(18)10-6-12(15-7-11(10)14)16-5-3-4-9(17)8-16/h6-7,9,17H,2-5,8,14H2,1H3. The SMILES string of the molecule is CCOC(=O)c1cc(N2CCCC(O)C2)ncc1N. The van der Waals surface area contributed by atoms with Crippen molar-refractivity contribution in [2.24, 2.45) is 0 Å². The van der Waals surface area contributed by atoms with Gasteiger partial charge in [0.1, 0.15) is 5.82 Å². The maximum absolute atomic E-state index is 11.8. The van der Waals surface area contributed by atoms with Gasteiger partial charge in [-0.3, -0.25) is 0 Å². The van der Waals surface area contributed by atoms with Crippen molar-refractivity contribution in [3.05, 3.63) is 17.8 Å². The van der Waals surface area contributed by atoms with Gasteiger partial charge in [0.25, 0.3) is 0 Å². The molecule has 0 bridgehead atoms. The van der Waals surface area contributed by atoms with E-state index in [4.69, 9.17) is 10.5 Å². The molecule has 0 aromatic carbocycles. The zero-order chi connectivity index (χ0) is 13.8. The van der Waals surface area contributed by atoms with Crippen LogP contribution in [0.25, 0.3) is 0 Å². The Morgan fingerprint density at radius 3 is 3.16 bits per heavy atom. The molecule has 1 aliphatic heterocycles. The monoisotopic (exact) mass is 265 g/mol. The van der Waals surface area contributed by atoms with Crippen molar-refractivity contribution in [1.29, 1.82) is 0 Å². The molecule has 104 valence electrons. The van der Waals surface area contributed by atoms with Gasteiger partial charge in [-0.25, -0.2) is 9.78 Å². The van der Waals surface area contributed by atoms with Crippen LogP contribution >= 0.6 is 0 Å². The molecule has 0 saturated carbocycles. The highest BCUT2D eigenvalue weighted by molar-refractivity contribution is 5.95. The number of piperidine rings is 1. The number of aliphatic hydroxyl groups excluding tert-OH is 1. The Balaban J connectivity index is 2.22. The molecule has 0 amide bonds. The van der Waals surface area contributed by atoms with E-state index in [1.807, 2.05) is 4.90 Å². The van der Waals surface area contributed by atoms with Crippen LogP contribution < -0.4 is 10.6 Å². The maximum Gasteiger partial charge on any atom is 0.340 e. The summed E-state index contributed by atoms with van der Waals surface area (Å²) in [5.74, 6) is 0.206. The largest absolute Gasteiger partial charge is 0.462 e. The second kappa shape index (κ2) is 5.88. The van der Waals surface area contributed by atoms with E-state index in [1.54, 1.807) is 13.0 Å². The van der Waals surface area contributed by atoms with E-state index in [0.717, 1.165) is 19.4 Å². The molecular formula is C13H19N3O3. The molecule has 3 N–H and O–H groups in total. The molecule has 1 aromatic heterocycles. The summed E-state index contributed by atoms with van der Waals surface area (Å²) in [4.78, 5) is 17.9. The van der Waals surface area contributed by atoms with E-state index in [-0.39, 0.29) is 6.10 Å². The molecule has 1 unspecified atom stereocenters. The highest BCUT2D eigenvalue weighted by Gasteiger charge is 2.21. The van der Waals surface area contributed by atoms with Crippen LogP contribution in [0.4, 0.5) is 11.5 Å². The number of nitrogen functional groups attached to an aromatic ring is 1. The number of nitrogens with two attached hydrogens (primary N) is 1. The molecule has 0 radical (unpaired) electrons. The molecule has 2 heterocycles. The number of aromatic nitrogens is 1. The van der Waals surface area contributed by atoms with Gasteiger partial charge < -0.3 is 20.5 Å². The number of carbonyl (C=O) groups is 1. The highest BCUT2D eigenvalue weighted by Crippen LogP contribution is 2.22. The van der Waals surface area contributed by atoms with Crippen LogP contribution in [0, 0.1) is 0 Å². The van der Waals surface area contributed by atoms with Crippen molar-refractivity contribution in [2.75, 3.05) is 30.3 Å². The molecule has 1 saturated heterocycles. The Labute approximate surface area is 112 Å². The van der Waals surface area contributed by atoms with Crippen LogP contribution in [0.5, 0.6) is 0 Å². The number of ether oxygens (including phenoxy) is 1. The topological polar surface area (TPSA) is 88.7 Å². The third kappa shape index (κ3) is 3.14. The van der Waals surface area contributed by atoms with E-state index in [2.05, 4.69) is 4.98 Å². The zero-order valence-electron chi connectivity index (χ0n) is 11.0. The summed E-state index contributed by atoms with van der Waals surface area (Å²) in [6.07, 6.45) is 2.82. The van der Waals surface area contributed by atoms with Gasteiger partial charge in [-0.2, -0.15) is 0 Å². The molecular weight excluding hydrogens is 246 g/mol. The average molecular weight is 265 g/mol. The Kier molecular flexibility index (Phi) is 4.21. The molecule has 6 nitrogen and oxygen atoms in total. The molecule has 0 spiro atoms. The van der Waals surface area contributed by atoms with Crippen LogP contribution in [0.1, 0.15) is 30.1 Å². The fourth-order valence-corrected chi connectivity index (χ4v) is 2.18. The first-order valence-electron chi connectivity index (χ1n) is 6.47. The van der Waals surface area contributed by atoms with Crippen LogP contribution in [0.15, 0.2) is 12.3 Å². The minimum Gasteiger partial charge on any atom is -0.462 e. The number of anilines is 2. The van der Waals surface area contributed by atoms with E-state index in [9.17, 15) is 9.90 Å². The summed E-state index contributed by atoms with van der Waals surface area (Å²) < 4.78 is 4.96. The molecule has 19 heavy (non-hydrogen) atoms. The van der Waals surface area contributed by atoms with Crippen molar-refractivity contribution in [1.82, 2.24) is 4.98 Å². The molecule has 1 aliphatic rings. The number of hydrogen-bond acceptors (Lipinski definition) is 6.